The van der Waals surface area contributed by atoms with Crippen molar-refractivity contribution in [1.29, 1.82) is 0 Å². The largest absolute Gasteiger partial charge is 0.493 e. The van der Waals surface area contributed by atoms with Gasteiger partial charge in [-0.2, -0.15) is 0 Å². The van der Waals surface area contributed by atoms with E-state index in [2.05, 4.69) is 29.2 Å². The van der Waals surface area contributed by atoms with Crippen LogP contribution in [0.1, 0.15) is 17.2 Å². The second-order valence-electron chi connectivity index (χ2n) is 6.77. The van der Waals surface area contributed by atoms with Gasteiger partial charge in [-0.15, -0.1) is 0 Å². The molecule has 1 aliphatic carbocycles. The Balaban J connectivity index is 1.58. The first-order valence-electron chi connectivity index (χ1n) is 9.02. The van der Waals surface area contributed by atoms with Gasteiger partial charge in [0.15, 0.2) is 11.5 Å². The van der Waals surface area contributed by atoms with E-state index in [1.54, 1.807) is 7.11 Å². The minimum absolute atomic E-state index is 0.0651. The number of morpholine rings is 1. The lowest BCUT2D eigenvalue weighted by Crippen LogP contribution is -2.40. The molecule has 25 heavy (non-hydrogen) atoms. The van der Waals surface area contributed by atoms with Crippen molar-refractivity contribution in [2.45, 2.75) is 12.5 Å². The molecule has 2 aromatic rings. The lowest BCUT2D eigenvalue weighted by molar-refractivity contribution is 0.0189. The van der Waals surface area contributed by atoms with Crippen molar-refractivity contribution in [3.05, 3.63) is 59.7 Å². The summed E-state index contributed by atoms with van der Waals surface area (Å²) >= 11 is 0. The van der Waals surface area contributed by atoms with E-state index in [1.165, 1.54) is 11.1 Å². The van der Waals surface area contributed by atoms with Gasteiger partial charge in [-0.3, -0.25) is 4.90 Å². The number of rotatable bonds is 5. The van der Waals surface area contributed by atoms with E-state index < -0.39 is 0 Å². The summed E-state index contributed by atoms with van der Waals surface area (Å²) in [4.78, 5) is 2.50. The van der Waals surface area contributed by atoms with Gasteiger partial charge in [0.2, 0.25) is 0 Å². The van der Waals surface area contributed by atoms with Gasteiger partial charge in [0.25, 0.3) is 0 Å². The van der Waals surface area contributed by atoms with E-state index in [0.29, 0.717) is 5.92 Å². The SMILES string of the molecule is COc1ccccc1O[C@@H]1c2ccccc2C[C@@H]1CN1CCOCC1. The zero-order valence-electron chi connectivity index (χ0n) is 14.7. The maximum atomic E-state index is 6.50. The van der Waals surface area contributed by atoms with Crippen LogP contribution in [0.15, 0.2) is 48.5 Å². The molecule has 132 valence electrons. The molecule has 4 rings (SSSR count). The van der Waals surface area contributed by atoms with E-state index in [0.717, 1.165) is 50.8 Å². The molecule has 0 aromatic heterocycles. The van der Waals surface area contributed by atoms with Crippen LogP contribution < -0.4 is 9.47 Å². The molecule has 1 fully saturated rings. The molecule has 2 aliphatic rings. The average molecular weight is 339 g/mol. The van der Waals surface area contributed by atoms with Gasteiger partial charge in [0, 0.05) is 25.6 Å². The molecule has 0 saturated carbocycles. The topological polar surface area (TPSA) is 30.9 Å². The zero-order valence-corrected chi connectivity index (χ0v) is 14.7. The maximum absolute atomic E-state index is 6.50. The Labute approximate surface area is 149 Å². The number of benzene rings is 2. The Bertz CT molecular complexity index is 712. The van der Waals surface area contributed by atoms with Gasteiger partial charge in [-0.1, -0.05) is 36.4 Å². The second-order valence-corrected chi connectivity index (χ2v) is 6.77. The Morgan fingerprint density at radius 2 is 1.72 bits per heavy atom. The summed E-state index contributed by atoms with van der Waals surface area (Å²) < 4.78 is 17.5. The maximum Gasteiger partial charge on any atom is 0.162 e. The highest BCUT2D eigenvalue weighted by molar-refractivity contribution is 5.42. The van der Waals surface area contributed by atoms with Crippen LogP contribution in [-0.2, 0) is 11.2 Å². The van der Waals surface area contributed by atoms with Crippen molar-refractivity contribution in [2.75, 3.05) is 40.0 Å². The molecule has 0 bridgehead atoms. The molecule has 1 aliphatic heterocycles. The van der Waals surface area contributed by atoms with E-state index >= 15 is 0 Å². The van der Waals surface area contributed by atoms with Crippen LogP contribution in [0.5, 0.6) is 11.5 Å². The van der Waals surface area contributed by atoms with Crippen molar-refractivity contribution in [3.63, 3.8) is 0 Å². The third kappa shape index (κ3) is 3.51. The molecule has 0 radical (unpaired) electrons. The fourth-order valence-corrected chi connectivity index (χ4v) is 3.93. The van der Waals surface area contributed by atoms with Crippen molar-refractivity contribution in [2.24, 2.45) is 5.92 Å². The summed E-state index contributed by atoms with van der Waals surface area (Å²) in [6.45, 7) is 4.72. The predicted octanol–water partition coefficient (Wildman–Crippen LogP) is 3.32. The predicted molar refractivity (Wildman–Crippen MR) is 97.3 cm³/mol. The fraction of sp³-hybridized carbons (Fsp3) is 0.429. The van der Waals surface area contributed by atoms with Crippen LogP contribution >= 0.6 is 0 Å². The molecule has 0 unspecified atom stereocenters. The van der Waals surface area contributed by atoms with Crippen LogP contribution in [0.2, 0.25) is 0 Å². The normalized spacial score (nSPS) is 23.2. The fourth-order valence-electron chi connectivity index (χ4n) is 3.93. The highest BCUT2D eigenvalue weighted by Gasteiger charge is 2.35. The number of hydrogen-bond acceptors (Lipinski definition) is 4. The zero-order chi connectivity index (χ0) is 17.1. The Kier molecular flexibility index (Phi) is 4.90. The first-order chi connectivity index (χ1) is 12.3. The molecular weight excluding hydrogens is 314 g/mol. The molecule has 1 saturated heterocycles. The summed E-state index contributed by atoms with van der Waals surface area (Å²) in [5.74, 6) is 2.05. The van der Waals surface area contributed by atoms with Crippen LogP contribution in [0.3, 0.4) is 0 Å². The standard InChI is InChI=1S/C21H25NO3/c1-23-19-8-4-5-9-20(19)25-21-17(15-22-10-12-24-13-11-22)14-16-6-2-3-7-18(16)21/h2-9,17,21H,10-15H2,1H3/t17-,21+/m1/s1. The molecule has 2 atom stereocenters. The van der Waals surface area contributed by atoms with E-state index in [9.17, 15) is 0 Å². The van der Waals surface area contributed by atoms with E-state index in [-0.39, 0.29) is 6.10 Å². The minimum atomic E-state index is 0.0651. The quantitative estimate of drug-likeness (QED) is 0.836. The lowest BCUT2D eigenvalue weighted by atomic mass is 10.0. The first-order valence-corrected chi connectivity index (χ1v) is 9.02. The van der Waals surface area contributed by atoms with Crippen LogP contribution in [0.25, 0.3) is 0 Å². The number of hydrogen-bond donors (Lipinski definition) is 0. The molecule has 4 nitrogen and oxygen atoms in total. The summed E-state index contributed by atoms with van der Waals surface area (Å²) in [5.41, 5.74) is 2.72. The molecule has 2 aromatic carbocycles. The van der Waals surface area contributed by atoms with Gasteiger partial charge in [-0.05, 0) is 29.7 Å². The third-order valence-corrected chi connectivity index (χ3v) is 5.19. The number of fused-ring (bicyclic) bond motifs is 1. The van der Waals surface area contributed by atoms with E-state index in [4.69, 9.17) is 14.2 Å². The highest BCUT2D eigenvalue weighted by Crippen LogP contribution is 2.41. The summed E-state index contributed by atoms with van der Waals surface area (Å²) in [5, 5.41) is 0. The summed E-state index contributed by atoms with van der Waals surface area (Å²) in [6, 6.07) is 16.6. The summed E-state index contributed by atoms with van der Waals surface area (Å²) in [7, 11) is 1.69. The van der Waals surface area contributed by atoms with Crippen molar-refractivity contribution in [1.82, 2.24) is 4.90 Å². The Hall–Kier alpha value is -2.04. The molecule has 0 N–H and O–H groups in total. The monoisotopic (exact) mass is 339 g/mol. The molecule has 0 spiro atoms. The van der Waals surface area contributed by atoms with Gasteiger partial charge < -0.3 is 14.2 Å². The van der Waals surface area contributed by atoms with Gasteiger partial charge in [0.1, 0.15) is 6.10 Å². The molecular formula is C21H25NO3. The summed E-state index contributed by atoms with van der Waals surface area (Å²) in [6.07, 6.45) is 1.13. The second kappa shape index (κ2) is 7.46. The van der Waals surface area contributed by atoms with Gasteiger partial charge in [-0.25, -0.2) is 0 Å². The van der Waals surface area contributed by atoms with Crippen LogP contribution in [0, 0.1) is 5.92 Å². The van der Waals surface area contributed by atoms with E-state index in [1.807, 2.05) is 24.3 Å². The van der Waals surface area contributed by atoms with Crippen molar-refractivity contribution in [3.8, 4) is 11.5 Å². The number of methoxy groups -OCH3 is 1. The van der Waals surface area contributed by atoms with Gasteiger partial charge in [0.05, 0.1) is 20.3 Å². The van der Waals surface area contributed by atoms with Crippen molar-refractivity contribution >= 4 is 0 Å². The number of para-hydroxylation sites is 2. The van der Waals surface area contributed by atoms with Crippen LogP contribution in [0.4, 0.5) is 0 Å². The van der Waals surface area contributed by atoms with Gasteiger partial charge >= 0.3 is 0 Å². The lowest BCUT2D eigenvalue weighted by Gasteiger charge is -2.31. The third-order valence-electron chi connectivity index (χ3n) is 5.19. The molecule has 0 amide bonds. The number of nitrogens with zero attached hydrogens (tertiary/aromatic N) is 1. The Morgan fingerprint density at radius 3 is 2.52 bits per heavy atom. The molecule has 1 heterocycles. The highest BCUT2D eigenvalue weighted by atomic mass is 16.5. The number of ether oxygens (including phenoxy) is 3. The Morgan fingerprint density at radius 1 is 1.00 bits per heavy atom. The van der Waals surface area contributed by atoms with Crippen molar-refractivity contribution < 1.29 is 14.2 Å². The first kappa shape index (κ1) is 16.4. The average Bonchev–Trinajstić information content (AvgIpc) is 3.00. The smallest absolute Gasteiger partial charge is 0.162 e. The molecule has 4 heteroatoms. The van der Waals surface area contributed by atoms with Crippen LogP contribution in [-0.4, -0.2) is 44.9 Å². The minimum Gasteiger partial charge on any atom is -0.493 e.